The van der Waals surface area contributed by atoms with Gasteiger partial charge >= 0.3 is 5.97 Å². The molecule has 3 aliphatic rings. The van der Waals surface area contributed by atoms with Crippen LogP contribution in [0.15, 0.2) is 25.3 Å². The average Bonchev–Trinajstić information content (AvgIpc) is 3.41. The summed E-state index contributed by atoms with van der Waals surface area (Å²) in [4.78, 5) is 45.0. The first-order valence-corrected chi connectivity index (χ1v) is 12.8. The lowest BCUT2D eigenvalue weighted by atomic mass is 9.65. The number of ether oxygens (including phenoxy) is 2. The zero-order valence-corrected chi connectivity index (χ0v) is 21.9. The Kier molecular flexibility index (Phi) is 7.87. The number of hydrogen-bond acceptors (Lipinski definition) is 6. The lowest BCUT2D eigenvalue weighted by Gasteiger charge is -2.43. The van der Waals surface area contributed by atoms with Crippen molar-refractivity contribution in [2.75, 3.05) is 19.8 Å². The van der Waals surface area contributed by atoms with Crippen LogP contribution in [0.4, 0.5) is 0 Å². The first kappa shape index (κ1) is 27.4. The molecular weight excluding hydrogens is 448 g/mol. The summed E-state index contributed by atoms with van der Waals surface area (Å²) >= 11 is 0. The van der Waals surface area contributed by atoms with Gasteiger partial charge in [0.15, 0.2) is 0 Å². The number of nitrogens with zero attached hydrogens (tertiary/aromatic N) is 2. The molecular formula is C27H42N2O6. The van der Waals surface area contributed by atoms with E-state index < -0.39 is 46.6 Å². The van der Waals surface area contributed by atoms with Gasteiger partial charge in [-0.05, 0) is 52.9 Å². The van der Waals surface area contributed by atoms with E-state index in [9.17, 15) is 19.5 Å². The Bertz CT molecular complexity index is 862. The monoisotopic (exact) mass is 490 g/mol. The van der Waals surface area contributed by atoms with Crippen molar-refractivity contribution in [3.05, 3.63) is 25.3 Å². The van der Waals surface area contributed by atoms with E-state index in [0.717, 1.165) is 0 Å². The van der Waals surface area contributed by atoms with Crippen LogP contribution in [-0.2, 0) is 23.9 Å². The van der Waals surface area contributed by atoms with Gasteiger partial charge in [0.25, 0.3) is 0 Å². The number of rotatable bonds is 11. The number of fused-ring (bicyclic) bond motifs is 1. The third kappa shape index (κ3) is 4.22. The number of amides is 2. The van der Waals surface area contributed by atoms with E-state index in [4.69, 9.17) is 9.47 Å². The lowest BCUT2D eigenvalue weighted by Crippen LogP contribution is -2.61. The Labute approximate surface area is 209 Å². The molecule has 196 valence electrons. The second-order valence-electron chi connectivity index (χ2n) is 11.0. The third-order valence-corrected chi connectivity index (χ3v) is 8.14. The zero-order chi connectivity index (χ0) is 26.2. The maximum atomic E-state index is 14.3. The molecule has 3 fully saturated rings. The fourth-order valence-electron chi connectivity index (χ4n) is 6.40. The Hall–Kier alpha value is -2.19. The summed E-state index contributed by atoms with van der Waals surface area (Å²) in [5.41, 5.74) is -2.51. The fraction of sp³-hybridized carbons (Fsp3) is 0.741. The van der Waals surface area contributed by atoms with Crippen LogP contribution in [-0.4, -0.2) is 81.3 Å². The molecule has 3 heterocycles. The second kappa shape index (κ2) is 10.1. The smallest absolute Gasteiger partial charge is 0.312 e. The minimum Gasteiger partial charge on any atom is -0.465 e. The van der Waals surface area contributed by atoms with Crippen LogP contribution < -0.4 is 0 Å². The van der Waals surface area contributed by atoms with E-state index in [2.05, 4.69) is 13.2 Å². The maximum absolute atomic E-state index is 14.3. The number of hydrogen-bond donors (Lipinski definition) is 1. The standard InChI is InChI=1S/C27H42N2O6/c1-8-12-16-34-24(33)20-19-22(31)29(18(10-3)17-30)21(23(32)28(15-9-2)25(5,6)7)27(19)14-13-26(20,11-4)35-27/h8-9,18-21,30H,1-2,10-17H2,3-7H3/t18-,19-,20+,21?,26-,27?/m0/s1. The molecule has 0 aliphatic carbocycles. The van der Waals surface area contributed by atoms with Gasteiger partial charge in [-0.25, -0.2) is 0 Å². The van der Waals surface area contributed by atoms with Gasteiger partial charge < -0.3 is 24.4 Å². The Morgan fingerprint density at radius 2 is 1.97 bits per heavy atom. The van der Waals surface area contributed by atoms with Crippen LogP contribution in [0.25, 0.3) is 0 Å². The molecule has 1 N–H and O–H groups in total. The van der Waals surface area contributed by atoms with Crippen LogP contribution >= 0.6 is 0 Å². The highest BCUT2D eigenvalue weighted by molar-refractivity contribution is 5.99. The second-order valence-corrected chi connectivity index (χ2v) is 11.0. The zero-order valence-electron chi connectivity index (χ0n) is 21.9. The van der Waals surface area contributed by atoms with Crippen molar-refractivity contribution in [1.29, 1.82) is 0 Å². The summed E-state index contributed by atoms with van der Waals surface area (Å²) in [5, 5.41) is 10.2. The van der Waals surface area contributed by atoms with Crippen LogP contribution in [0.2, 0.25) is 0 Å². The molecule has 3 saturated heterocycles. The van der Waals surface area contributed by atoms with E-state index in [1.165, 1.54) is 4.90 Å². The summed E-state index contributed by atoms with van der Waals surface area (Å²) in [7, 11) is 0. The quantitative estimate of drug-likeness (QED) is 0.272. The third-order valence-electron chi connectivity index (χ3n) is 8.14. The summed E-state index contributed by atoms with van der Waals surface area (Å²) in [6.07, 6.45) is 5.93. The van der Waals surface area contributed by atoms with E-state index in [0.29, 0.717) is 38.6 Å². The Morgan fingerprint density at radius 1 is 1.29 bits per heavy atom. The van der Waals surface area contributed by atoms with Gasteiger partial charge in [0.1, 0.15) is 17.6 Å². The minimum absolute atomic E-state index is 0.184. The molecule has 2 bridgehead atoms. The van der Waals surface area contributed by atoms with Crippen molar-refractivity contribution < 1.29 is 29.0 Å². The highest BCUT2D eigenvalue weighted by Gasteiger charge is 2.79. The van der Waals surface area contributed by atoms with E-state index in [-0.39, 0.29) is 25.0 Å². The summed E-state index contributed by atoms with van der Waals surface area (Å²) in [6.45, 7) is 17.3. The number of esters is 1. The van der Waals surface area contributed by atoms with E-state index in [1.807, 2.05) is 34.6 Å². The molecule has 35 heavy (non-hydrogen) atoms. The SMILES string of the molecule is C=CCCOC(=O)[C@H]1[C@H]2C(=O)N([C@@H](CC)CO)C(C(=O)N(CC=C)C(C)(C)C)C23CC[C@]1(CC)O3. The Morgan fingerprint density at radius 3 is 2.49 bits per heavy atom. The van der Waals surface area contributed by atoms with Crippen LogP contribution in [0.3, 0.4) is 0 Å². The number of carbonyl (C=O) groups excluding carboxylic acids is 3. The molecule has 2 amide bonds. The molecule has 8 heteroatoms. The highest BCUT2D eigenvalue weighted by Crippen LogP contribution is 2.65. The normalized spacial score (nSPS) is 32.3. The van der Waals surface area contributed by atoms with Crippen molar-refractivity contribution in [3.8, 4) is 0 Å². The molecule has 0 saturated carbocycles. The molecule has 0 radical (unpaired) electrons. The molecule has 3 rings (SSSR count). The van der Waals surface area contributed by atoms with Crippen molar-refractivity contribution in [2.24, 2.45) is 11.8 Å². The molecule has 2 unspecified atom stereocenters. The van der Waals surface area contributed by atoms with Crippen molar-refractivity contribution in [3.63, 3.8) is 0 Å². The number of aliphatic hydroxyl groups is 1. The van der Waals surface area contributed by atoms with Gasteiger partial charge in [-0.15, -0.1) is 13.2 Å². The molecule has 8 nitrogen and oxygen atoms in total. The van der Waals surface area contributed by atoms with Gasteiger partial charge in [-0.1, -0.05) is 26.0 Å². The van der Waals surface area contributed by atoms with Crippen molar-refractivity contribution in [2.45, 2.75) is 95.5 Å². The average molecular weight is 491 g/mol. The topological polar surface area (TPSA) is 96.4 Å². The molecule has 3 aliphatic heterocycles. The Balaban J connectivity index is 2.14. The summed E-state index contributed by atoms with van der Waals surface area (Å²) < 4.78 is 12.3. The fourth-order valence-corrected chi connectivity index (χ4v) is 6.40. The first-order valence-electron chi connectivity index (χ1n) is 12.8. The predicted molar refractivity (Wildman–Crippen MR) is 132 cm³/mol. The lowest BCUT2D eigenvalue weighted by molar-refractivity contribution is -0.164. The maximum Gasteiger partial charge on any atom is 0.312 e. The van der Waals surface area contributed by atoms with Gasteiger partial charge in [0.05, 0.1) is 30.8 Å². The van der Waals surface area contributed by atoms with Gasteiger partial charge in [-0.2, -0.15) is 0 Å². The molecule has 6 atom stereocenters. The van der Waals surface area contributed by atoms with Gasteiger partial charge in [0.2, 0.25) is 11.8 Å². The highest BCUT2D eigenvalue weighted by atomic mass is 16.6. The molecule has 0 aromatic rings. The molecule has 0 aromatic carbocycles. The van der Waals surface area contributed by atoms with Crippen LogP contribution in [0.1, 0.15) is 66.7 Å². The minimum atomic E-state index is -1.14. The van der Waals surface area contributed by atoms with Crippen LogP contribution in [0.5, 0.6) is 0 Å². The number of aliphatic hydroxyl groups excluding tert-OH is 1. The number of likely N-dealkylation sites (tertiary alicyclic amines) is 1. The van der Waals surface area contributed by atoms with Crippen molar-refractivity contribution >= 4 is 17.8 Å². The first-order chi connectivity index (χ1) is 16.5. The number of carbonyl (C=O) groups is 3. The summed E-state index contributed by atoms with van der Waals surface area (Å²) in [6, 6.07) is -1.49. The van der Waals surface area contributed by atoms with Crippen LogP contribution in [0, 0.1) is 11.8 Å². The van der Waals surface area contributed by atoms with Crippen molar-refractivity contribution in [1.82, 2.24) is 9.80 Å². The molecule has 0 aromatic heterocycles. The summed E-state index contributed by atoms with van der Waals surface area (Å²) in [5.74, 6) is -2.63. The predicted octanol–water partition coefficient (Wildman–Crippen LogP) is 2.84. The van der Waals surface area contributed by atoms with E-state index >= 15 is 0 Å². The largest absolute Gasteiger partial charge is 0.465 e. The van der Waals surface area contributed by atoms with Gasteiger partial charge in [-0.3, -0.25) is 14.4 Å². The van der Waals surface area contributed by atoms with E-state index in [1.54, 1.807) is 17.1 Å². The molecule has 1 spiro atoms. The van der Waals surface area contributed by atoms with Gasteiger partial charge in [0, 0.05) is 12.1 Å².